The number of carbonyl (C=O) groups is 1. The van der Waals surface area contributed by atoms with Crippen LogP contribution in [0.2, 0.25) is 0 Å². The van der Waals surface area contributed by atoms with Gasteiger partial charge in [-0.15, -0.1) is 0 Å². The highest BCUT2D eigenvalue weighted by atomic mass is 16.5. The first-order chi connectivity index (χ1) is 9.17. The molecule has 7 heteroatoms. The molecule has 1 amide bonds. The van der Waals surface area contributed by atoms with Gasteiger partial charge in [-0.3, -0.25) is 9.69 Å². The highest BCUT2D eigenvalue weighted by molar-refractivity contribution is 5.89. The van der Waals surface area contributed by atoms with Gasteiger partial charge >= 0.3 is 11.8 Å². The number of hydrogen-bond acceptors (Lipinski definition) is 6. The highest BCUT2D eigenvalue weighted by Gasteiger charge is 2.40. The summed E-state index contributed by atoms with van der Waals surface area (Å²) in [5, 5.41) is 6.29. The van der Waals surface area contributed by atoms with E-state index >= 15 is 0 Å². The Kier molecular flexibility index (Phi) is 3.24. The molecule has 1 saturated heterocycles. The summed E-state index contributed by atoms with van der Waals surface area (Å²) in [6, 6.07) is 0.248. The minimum Gasteiger partial charge on any atom is -0.351 e. The van der Waals surface area contributed by atoms with Gasteiger partial charge in [0.1, 0.15) is 0 Å². The van der Waals surface area contributed by atoms with Crippen molar-refractivity contribution in [3.63, 3.8) is 0 Å². The normalized spacial score (nSPS) is 27.7. The van der Waals surface area contributed by atoms with Crippen LogP contribution in [-0.2, 0) is 6.54 Å². The fraction of sp³-hybridized carbons (Fsp3) is 0.750. The number of nitrogens with one attached hydrogen (secondary N) is 1. The number of carbonyl (C=O) groups excluding carboxylic acids is 1. The van der Waals surface area contributed by atoms with E-state index in [1.165, 1.54) is 19.9 Å². The van der Waals surface area contributed by atoms with Crippen molar-refractivity contribution in [1.29, 1.82) is 0 Å². The van der Waals surface area contributed by atoms with Crippen LogP contribution in [-0.4, -0.2) is 47.1 Å². The molecule has 7 nitrogen and oxygen atoms in total. The lowest BCUT2D eigenvalue weighted by atomic mass is 9.99. The van der Waals surface area contributed by atoms with Crippen molar-refractivity contribution in [3.8, 4) is 0 Å². The smallest absolute Gasteiger partial charge is 0.315 e. The monoisotopic (exact) mass is 265 g/mol. The number of likely N-dealkylation sites (tertiary alicyclic amines) is 1. The van der Waals surface area contributed by atoms with Crippen molar-refractivity contribution in [1.82, 2.24) is 20.4 Å². The third kappa shape index (κ3) is 2.62. The first-order valence-electron chi connectivity index (χ1n) is 6.70. The SMILES string of the molecule is CNC(=O)c1nc(CN2C[C@@H](N)[C@H](C3CC3)C2)no1. The number of nitrogens with two attached hydrogens (primary N) is 1. The van der Waals surface area contributed by atoms with E-state index in [1.54, 1.807) is 0 Å². The summed E-state index contributed by atoms with van der Waals surface area (Å²) in [4.78, 5) is 17.6. The summed E-state index contributed by atoms with van der Waals surface area (Å²) in [5.74, 6) is 1.62. The van der Waals surface area contributed by atoms with Crippen molar-refractivity contribution in [3.05, 3.63) is 11.7 Å². The van der Waals surface area contributed by atoms with Gasteiger partial charge in [0, 0.05) is 26.2 Å². The van der Waals surface area contributed by atoms with Crippen LogP contribution in [0.4, 0.5) is 0 Å². The quantitative estimate of drug-likeness (QED) is 0.768. The molecule has 2 atom stereocenters. The minimum atomic E-state index is -0.354. The van der Waals surface area contributed by atoms with Crippen LogP contribution in [0.3, 0.4) is 0 Å². The molecular weight excluding hydrogens is 246 g/mol. The maximum absolute atomic E-state index is 11.3. The van der Waals surface area contributed by atoms with E-state index in [0.29, 0.717) is 18.3 Å². The zero-order valence-electron chi connectivity index (χ0n) is 11.0. The summed E-state index contributed by atoms with van der Waals surface area (Å²) in [5.41, 5.74) is 6.17. The lowest BCUT2D eigenvalue weighted by molar-refractivity contribution is 0.0919. The molecule has 0 unspecified atom stereocenters. The van der Waals surface area contributed by atoms with Crippen LogP contribution in [0.1, 0.15) is 29.4 Å². The molecule has 104 valence electrons. The summed E-state index contributed by atoms with van der Waals surface area (Å²) in [7, 11) is 1.53. The first kappa shape index (κ1) is 12.6. The Morgan fingerprint density at radius 1 is 1.53 bits per heavy atom. The van der Waals surface area contributed by atoms with Crippen LogP contribution < -0.4 is 11.1 Å². The van der Waals surface area contributed by atoms with E-state index in [-0.39, 0.29) is 17.8 Å². The maximum atomic E-state index is 11.3. The molecule has 19 heavy (non-hydrogen) atoms. The van der Waals surface area contributed by atoms with Crippen LogP contribution in [0.15, 0.2) is 4.52 Å². The van der Waals surface area contributed by atoms with Gasteiger partial charge in [-0.05, 0) is 24.7 Å². The first-order valence-corrected chi connectivity index (χ1v) is 6.70. The van der Waals surface area contributed by atoms with Crippen LogP contribution in [0.25, 0.3) is 0 Å². The number of hydrogen-bond donors (Lipinski definition) is 2. The van der Waals surface area contributed by atoms with Crippen molar-refractivity contribution in [2.24, 2.45) is 17.6 Å². The van der Waals surface area contributed by atoms with Crippen LogP contribution >= 0.6 is 0 Å². The molecule has 2 fully saturated rings. The zero-order chi connectivity index (χ0) is 13.4. The number of nitrogens with zero attached hydrogens (tertiary/aromatic N) is 3. The van der Waals surface area contributed by atoms with E-state index in [4.69, 9.17) is 10.3 Å². The summed E-state index contributed by atoms with van der Waals surface area (Å²) >= 11 is 0. The fourth-order valence-electron chi connectivity index (χ4n) is 2.81. The lowest BCUT2D eigenvalue weighted by Gasteiger charge is -2.12. The van der Waals surface area contributed by atoms with E-state index in [9.17, 15) is 4.79 Å². The Morgan fingerprint density at radius 3 is 3.00 bits per heavy atom. The van der Waals surface area contributed by atoms with E-state index < -0.39 is 0 Å². The van der Waals surface area contributed by atoms with Gasteiger partial charge in [-0.25, -0.2) is 0 Å². The van der Waals surface area contributed by atoms with Gasteiger partial charge in [-0.1, -0.05) is 5.16 Å². The largest absolute Gasteiger partial charge is 0.351 e. The molecule has 0 aromatic carbocycles. The standard InChI is InChI=1S/C12H19N5O2/c1-14-11(18)12-15-10(16-19-12)6-17-4-8(7-2-3-7)9(13)5-17/h7-9H,2-6,13H2,1H3,(H,14,18)/t8-,9+/m0/s1. The van der Waals surface area contributed by atoms with E-state index in [2.05, 4.69) is 20.4 Å². The van der Waals surface area contributed by atoms with E-state index in [1.807, 2.05) is 0 Å². The fourth-order valence-corrected chi connectivity index (χ4v) is 2.81. The van der Waals surface area contributed by atoms with Crippen LogP contribution in [0.5, 0.6) is 0 Å². The predicted molar refractivity (Wildman–Crippen MR) is 67.2 cm³/mol. The summed E-state index contributed by atoms with van der Waals surface area (Å²) in [6.45, 7) is 2.46. The van der Waals surface area contributed by atoms with Gasteiger partial charge in [0.05, 0.1) is 6.54 Å². The second-order valence-electron chi connectivity index (χ2n) is 5.45. The Bertz CT molecular complexity index is 470. The number of amides is 1. The second kappa shape index (κ2) is 4.90. The van der Waals surface area contributed by atoms with Crippen molar-refractivity contribution in [2.45, 2.75) is 25.4 Å². The molecule has 0 bridgehead atoms. The molecular formula is C12H19N5O2. The minimum absolute atomic E-state index is 0.0136. The molecule has 1 aliphatic heterocycles. The number of rotatable bonds is 4. The average Bonchev–Trinajstić information content (AvgIpc) is 3.03. The van der Waals surface area contributed by atoms with Crippen molar-refractivity contribution >= 4 is 5.91 Å². The Morgan fingerprint density at radius 2 is 2.32 bits per heavy atom. The molecule has 2 aliphatic rings. The number of aromatic nitrogens is 2. The molecule has 0 spiro atoms. The third-order valence-corrected chi connectivity index (χ3v) is 3.97. The van der Waals surface area contributed by atoms with Gasteiger partial charge < -0.3 is 15.6 Å². The Labute approximate surface area is 111 Å². The van der Waals surface area contributed by atoms with Crippen LogP contribution in [0, 0.1) is 11.8 Å². The molecule has 1 aromatic heterocycles. The van der Waals surface area contributed by atoms with Gasteiger partial charge in [0.2, 0.25) is 0 Å². The maximum Gasteiger partial charge on any atom is 0.315 e. The topological polar surface area (TPSA) is 97.3 Å². The lowest BCUT2D eigenvalue weighted by Crippen LogP contribution is -2.30. The van der Waals surface area contributed by atoms with Crippen molar-refractivity contribution in [2.75, 3.05) is 20.1 Å². The Hall–Kier alpha value is -1.47. The third-order valence-electron chi connectivity index (χ3n) is 3.97. The second-order valence-corrected chi connectivity index (χ2v) is 5.45. The molecule has 3 N–H and O–H groups in total. The average molecular weight is 265 g/mol. The molecule has 1 aliphatic carbocycles. The summed E-state index contributed by atoms with van der Waals surface area (Å²) in [6.07, 6.45) is 2.63. The predicted octanol–water partition coefficient (Wildman–Crippen LogP) is -0.402. The highest BCUT2D eigenvalue weighted by Crippen LogP contribution is 2.40. The molecule has 3 rings (SSSR count). The molecule has 1 aromatic rings. The Balaban J connectivity index is 1.59. The zero-order valence-corrected chi connectivity index (χ0v) is 11.0. The van der Waals surface area contributed by atoms with Gasteiger partial charge in [0.25, 0.3) is 0 Å². The molecule has 2 heterocycles. The van der Waals surface area contributed by atoms with Crippen molar-refractivity contribution < 1.29 is 9.32 Å². The molecule has 0 radical (unpaired) electrons. The molecule has 1 saturated carbocycles. The van der Waals surface area contributed by atoms with E-state index in [0.717, 1.165) is 19.0 Å². The van der Waals surface area contributed by atoms with Gasteiger partial charge in [-0.2, -0.15) is 4.98 Å². The van der Waals surface area contributed by atoms with Gasteiger partial charge in [0.15, 0.2) is 5.82 Å². The summed E-state index contributed by atoms with van der Waals surface area (Å²) < 4.78 is 4.91.